The van der Waals surface area contributed by atoms with Crippen LogP contribution in [0.15, 0.2) is 84.2 Å². The van der Waals surface area contributed by atoms with Crippen molar-refractivity contribution in [3.05, 3.63) is 112 Å². The molecule has 1 spiro atoms. The number of nitrogens with one attached hydrogen (secondary N) is 1. The summed E-state index contributed by atoms with van der Waals surface area (Å²) in [6, 6.07) is 19.7. The lowest BCUT2D eigenvalue weighted by atomic mass is 9.51. The number of phenolic OH excluding ortho intramolecular Hbond substituents is 1. The van der Waals surface area contributed by atoms with Gasteiger partial charge in [-0.1, -0.05) is 68.0 Å². The average molecular weight is 780 g/mol. The second kappa shape index (κ2) is 15.3. The number of aromatic hydroxyl groups is 1. The molecule has 6 bridgehead atoms. The van der Waals surface area contributed by atoms with Crippen molar-refractivity contribution >= 4 is 16.6 Å². The Bertz CT molecular complexity index is 2340. The highest BCUT2D eigenvalue weighted by Gasteiger charge is 2.55. The number of hydrogen-bond acceptors (Lipinski definition) is 7. The third kappa shape index (κ3) is 6.74. The van der Waals surface area contributed by atoms with Crippen molar-refractivity contribution < 1.29 is 24.4 Å². The van der Waals surface area contributed by atoms with Crippen molar-refractivity contribution in [1.29, 1.82) is 0 Å². The Morgan fingerprint density at radius 1 is 0.948 bits per heavy atom. The topological polar surface area (TPSA) is 111 Å². The van der Waals surface area contributed by atoms with Gasteiger partial charge in [0.1, 0.15) is 12.4 Å². The molecular weight excluding hydrogens is 723 g/mol. The Hall–Kier alpha value is -4.52. The number of hydrogen-bond donors (Lipinski definition) is 4. The molecule has 2 aliphatic carbocycles. The molecule has 6 aliphatic rings. The van der Waals surface area contributed by atoms with Crippen molar-refractivity contribution in [2.24, 2.45) is 17.6 Å². The van der Waals surface area contributed by atoms with Gasteiger partial charge in [-0.15, -0.1) is 0 Å². The summed E-state index contributed by atoms with van der Waals surface area (Å²) in [4.78, 5) is 0. The van der Waals surface area contributed by atoms with Gasteiger partial charge in [0.25, 0.3) is 0 Å². The predicted octanol–water partition coefficient (Wildman–Crippen LogP) is 8.35. The van der Waals surface area contributed by atoms with Crippen LogP contribution < -0.4 is 15.8 Å². The van der Waals surface area contributed by atoms with E-state index in [0.29, 0.717) is 44.1 Å². The van der Waals surface area contributed by atoms with Gasteiger partial charge < -0.3 is 40.0 Å². The van der Waals surface area contributed by atoms with Gasteiger partial charge in [-0.05, 0) is 128 Å². The zero-order valence-electron chi connectivity index (χ0n) is 33.8. The number of phenols is 1. The molecule has 8 nitrogen and oxygen atoms in total. The molecule has 3 aromatic carbocycles. The molecule has 5 N–H and O–H groups in total. The molecular formula is C50H57N3O5. The number of aliphatic hydroxyl groups is 1. The Morgan fingerprint density at radius 3 is 2.69 bits per heavy atom. The lowest BCUT2D eigenvalue weighted by Gasteiger charge is -2.54. The lowest BCUT2D eigenvalue weighted by molar-refractivity contribution is -0.00873. The fourth-order valence-electron chi connectivity index (χ4n) is 11.5. The summed E-state index contributed by atoms with van der Waals surface area (Å²) in [5.41, 5.74) is 15.0. The first-order chi connectivity index (χ1) is 28.3. The van der Waals surface area contributed by atoms with Gasteiger partial charge in [-0.25, -0.2) is 0 Å². The molecule has 1 saturated carbocycles. The number of fused-ring (bicyclic) bond motifs is 10. The van der Waals surface area contributed by atoms with Crippen LogP contribution in [-0.2, 0) is 33.3 Å². The maximum Gasteiger partial charge on any atom is 0.161 e. The summed E-state index contributed by atoms with van der Waals surface area (Å²) in [7, 11) is 0. The number of rotatable bonds is 1. The van der Waals surface area contributed by atoms with Crippen LogP contribution in [0.1, 0.15) is 105 Å². The highest BCUT2D eigenvalue weighted by Crippen LogP contribution is 2.60. The van der Waals surface area contributed by atoms with Crippen LogP contribution in [0.2, 0.25) is 0 Å². The van der Waals surface area contributed by atoms with Gasteiger partial charge in [-0.2, -0.15) is 0 Å². The van der Waals surface area contributed by atoms with Crippen molar-refractivity contribution in [2.45, 2.75) is 120 Å². The van der Waals surface area contributed by atoms with Crippen LogP contribution >= 0.6 is 0 Å². The average Bonchev–Trinajstić information content (AvgIpc) is 3.88. The molecule has 302 valence electrons. The van der Waals surface area contributed by atoms with Crippen LogP contribution in [0.3, 0.4) is 0 Å². The van der Waals surface area contributed by atoms with Crippen LogP contribution in [0.25, 0.3) is 16.6 Å². The van der Waals surface area contributed by atoms with E-state index in [4.69, 9.17) is 19.9 Å². The van der Waals surface area contributed by atoms with E-state index in [0.717, 1.165) is 77.6 Å². The Balaban J connectivity index is 1.17. The predicted molar refractivity (Wildman–Crippen MR) is 227 cm³/mol. The van der Waals surface area contributed by atoms with Gasteiger partial charge >= 0.3 is 0 Å². The molecule has 4 aliphatic heterocycles. The molecule has 4 aromatic rings. The minimum absolute atomic E-state index is 0.110. The van der Waals surface area contributed by atoms with E-state index in [9.17, 15) is 10.2 Å². The zero-order valence-corrected chi connectivity index (χ0v) is 33.8. The van der Waals surface area contributed by atoms with Crippen LogP contribution in [0.4, 0.5) is 0 Å². The molecule has 58 heavy (non-hydrogen) atoms. The molecule has 0 radical (unpaired) electrons. The van der Waals surface area contributed by atoms with E-state index >= 15 is 0 Å². The van der Waals surface area contributed by atoms with E-state index in [-0.39, 0.29) is 35.2 Å². The molecule has 6 unspecified atom stereocenters. The number of nitrogens with two attached hydrogens (primary N) is 1. The zero-order chi connectivity index (χ0) is 39.4. The molecule has 10 rings (SSSR count). The van der Waals surface area contributed by atoms with Gasteiger partial charge in [0.15, 0.2) is 11.5 Å². The van der Waals surface area contributed by atoms with Crippen LogP contribution in [0, 0.1) is 23.7 Å². The summed E-state index contributed by atoms with van der Waals surface area (Å²) >= 11 is 0. The van der Waals surface area contributed by atoms with Crippen molar-refractivity contribution in [2.75, 3.05) is 19.8 Å². The largest absolute Gasteiger partial charge is 0.504 e. The number of aliphatic hydroxyl groups excluding tert-OH is 1. The first kappa shape index (κ1) is 37.7. The summed E-state index contributed by atoms with van der Waals surface area (Å²) < 4.78 is 21.9. The maximum absolute atomic E-state index is 11.3. The van der Waals surface area contributed by atoms with E-state index < -0.39 is 12.3 Å². The number of aryl methyl sites for hydroxylation is 1. The quantitative estimate of drug-likeness (QED) is 0.144. The van der Waals surface area contributed by atoms with Gasteiger partial charge in [-0.3, -0.25) is 0 Å². The number of aromatic nitrogens is 1. The van der Waals surface area contributed by atoms with E-state index in [1.807, 2.05) is 18.2 Å². The van der Waals surface area contributed by atoms with E-state index in [1.165, 1.54) is 42.4 Å². The fourth-order valence-corrected chi connectivity index (χ4v) is 11.5. The van der Waals surface area contributed by atoms with Crippen molar-refractivity contribution in [3.63, 3.8) is 0 Å². The molecule has 1 aromatic heterocycles. The highest BCUT2D eigenvalue weighted by molar-refractivity contribution is 5.88. The molecule has 0 amide bonds. The fraction of sp³-hybridized carbons (Fsp3) is 0.480. The monoisotopic (exact) mass is 779 g/mol. The second-order valence-corrected chi connectivity index (χ2v) is 18.2. The molecule has 1 saturated heterocycles. The third-order valence-electron chi connectivity index (χ3n) is 14.5. The summed E-state index contributed by atoms with van der Waals surface area (Å²) in [6.07, 6.45) is 17.0. The maximum atomic E-state index is 11.3. The van der Waals surface area contributed by atoms with Crippen molar-refractivity contribution in [1.82, 2.24) is 9.88 Å². The standard InChI is InChI=1S/C50H57N3O5/c1-32-7-6-8-40-25-39(54)15-12-33-13-16-45(55)46(21-33)58-29-36-23-37(22-35-27-53(28-41(35)36)48-42(31-57-40)34(14-11-32)24-47(51)52-48)50-19-20-56-30-38(50)26-49(17-4-5-18-49)43-9-2-3-10-44(43)50/h2-3,9-10,13,16,21-24,27-28,32,38-40,47,52,54-55H,4-8,12,15,17-20,25-26,29-31,51H2,1H3. The normalized spacial score (nSPS) is 29.5. The van der Waals surface area contributed by atoms with Crippen LogP contribution in [0.5, 0.6) is 11.5 Å². The van der Waals surface area contributed by atoms with E-state index in [2.05, 4.69) is 77.4 Å². The second-order valence-electron chi connectivity index (χ2n) is 18.2. The first-order valence-electron chi connectivity index (χ1n) is 21.8. The summed E-state index contributed by atoms with van der Waals surface area (Å²) in [5.74, 6) is 9.02. The molecule has 5 heterocycles. The lowest BCUT2D eigenvalue weighted by Crippen LogP contribution is -2.51. The first-order valence-corrected chi connectivity index (χ1v) is 21.8. The SMILES string of the molecule is CC1C#CC2=CC(N)NC3=C2COC(CCC1)CC(O)CCc1ccc(O)c(c1)OCc1cc(C24CCOCC2CC2(CCCC2)c2ccccc24)cc2cn3cc12. The van der Waals surface area contributed by atoms with Crippen LogP contribution in [-0.4, -0.2) is 53.0 Å². The van der Waals surface area contributed by atoms with Gasteiger partial charge in [0.05, 0.1) is 31.6 Å². The Labute approximate surface area is 342 Å². The molecule has 8 heteroatoms. The molecule has 6 atom stereocenters. The minimum atomic E-state index is -0.535. The minimum Gasteiger partial charge on any atom is -0.504 e. The summed E-state index contributed by atoms with van der Waals surface area (Å²) in [5, 5.41) is 28.2. The Kier molecular flexibility index (Phi) is 9.92. The number of benzene rings is 3. The number of dihydropyridines is 1. The summed E-state index contributed by atoms with van der Waals surface area (Å²) in [6.45, 7) is 4.28. The van der Waals surface area contributed by atoms with Crippen molar-refractivity contribution in [3.8, 4) is 23.3 Å². The highest BCUT2D eigenvalue weighted by atomic mass is 16.5. The van der Waals surface area contributed by atoms with Gasteiger partial charge in [0.2, 0.25) is 0 Å². The van der Waals surface area contributed by atoms with Gasteiger partial charge in [0, 0.05) is 52.3 Å². The smallest absolute Gasteiger partial charge is 0.161 e. The number of ether oxygens (including phenoxy) is 3. The van der Waals surface area contributed by atoms with E-state index in [1.54, 1.807) is 6.07 Å². The number of nitrogens with zero attached hydrogens (tertiary/aromatic N) is 1. The third-order valence-corrected chi connectivity index (χ3v) is 14.5. The Morgan fingerprint density at radius 2 is 1.81 bits per heavy atom. The molecule has 2 fully saturated rings.